The Morgan fingerprint density at radius 1 is 1.35 bits per heavy atom. The van der Waals surface area contributed by atoms with Gasteiger partial charge in [0.25, 0.3) is 0 Å². The van der Waals surface area contributed by atoms with Gasteiger partial charge in [0.05, 0.1) is 19.3 Å². The smallest absolute Gasteiger partial charge is 0.161 e. The molecule has 0 aliphatic carbocycles. The summed E-state index contributed by atoms with van der Waals surface area (Å²) in [6, 6.07) is 3.60. The van der Waals surface area contributed by atoms with Crippen molar-refractivity contribution in [3.63, 3.8) is 0 Å². The molecule has 20 heavy (non-hydrogen) atoms. The predicted molar refractivity (Wildman–Crippen MR) is 82.9 cm³/mol. The molecule has 0 bridgehead atoms. The molecule has 0 saturated carbocycles. The molecule has 0 aliphatic rings. The lowest BCUT2D eigenvalue weighted by Gasteiger charge is -2.08. The van der Waals surface area contributed by atoms with Crippen LogP contribution in [0.4, 0.5) is 0 Å². The molecule has 0 radical (unpaired) electrons. The second kappa shape index (κ2) is 7.16. The van der Waals surface area contributed by atoms with E-state index in [9.17, 15) is 0 Å². The second-order valence-electron chi connectivity index (χ2n) is 3.93. The van der Waals surface area contributed by atoms with E-state index in [0.29, 0.717) is 35.1 Å². The Labute approximate surface area is 127 Å². The van der Waals surface area contributed by atoms with Crippen molar-refractivity contribution in [2.24, 2.45) is 0 Å². The van der Waals surface area contributed by atoms with Gasteiger partial charge in [-0.05, 0) is 31.3 Å². The van der Waals surface area contributed by atoms with Crippen LogP contribution < -0.4 is 0 Å². The van der Waals surface area contributed by atoms with Crippen LogP contribution in [0.15, 0.2) is 30.7 Å². The monoisotopic (exact) mass is 306 g/mol. The van der Waals surface area contributed by atoms with Gasteiger partial charge in [-0.2, -0.15) is 5.10 Å². The lowest BCUT2D eigenvalue weighted by Crippen LogP contribution is -2.10. The minimum absolute atomic E-state index is 0.576. The molecule has 0 aliphatic heterocycles. The lowest BCUT2D eigenvalue weighted by molar-refractivity contribution is 0.323. The van der Waals surface area contributed by atoms with E-state index in [2.05, 4.69) is 15.1 Å². The van der Waals surface area contributed by atoms with Gasteiger partial charge in [0.1, 0.15) is 4.64 Å². The summed E-state index contributed by atoms with van der Waals surface area (Å²) < 4.78 is 7.57. The maximum Gasteiger partial charge on any atom is 0.161 e. The summed E-state index contributed by atoms with van der Waals surface area (Å²) in [6.07, 6.45) is 5.69. The van der Waals surface area contributed by atoms with Crippen LogP contribution in [0.25, 0.3) is 11.4 Å². The zero-order valence-electron chi connectivity index (χ0n) is 11.0. The van der Waals surface area contributed by atoms with E-state index in [0.717, 1.165) is 5.56 Å². The highest BCUT2D eigenvalue weighted by Crippen LogP contribution is 2.12. The summed E-state index contributed by atoms with van der Waals surface area (Å²) in [5.74, 6) is 0.614. The van der Waals surface area contributed by atoms with Crippen LogP contribution in [-0.2, 0) is 11.3 Å². The Bertz CT molecular complexity index is 642. The number of thiocarbonyl (C=S) groups is 1. The van der Waals surface area contributed by atoms with Crippen LogP contribution >= 0.6 is 24.4 Å². The Morgan fingerprint density at radius 3 is 2.75 bits per heavy atom. The SMILES string of the molecule is CCOC(=S)CCn1ncc(-c2ncccn2)cc1=S. The van der Waals surface area contributed by atoms with E-state index in [1.54, 1.807) is 29.3 Å². The van der Waals surface area contributed by atoms with Crippen molar-refractivity contribution in [3.05, 3.63) is 35.4 Å². The van der Waals surface area contributed by atoms with Crippen molar-refractivity contribution in [2.45, 2.75) is 19.9 Å². The number of hydrogen-bond acceptors (Lipinski definition) is 6. The minimum Gasteiger partial charge on any atom is -0.487 e. The zero-order chi connectivity index (χ0) is 14.4. The van der Waals surface area contributed by atoms with Crippen molar-refractivity contribution in [2.75, 3.05) is 6.61 Å². The second-order valence-corrected chi connectivity index (χ2v) is 4.81. The molecule has 7 heteroatoms. The van der Waals surface area contributed by atoms with Gasteiger partial charge in [-0.25, -0.2) is 9.97 Å². The molecule has 0 fully saturated rings. The van der Waals surface area contributed by atoms with E-state index < -0.39 is 0 Å². The van der Waals surface area contributed by atoms with Gasteiger partial charge in [-0.3, -0.25) is 4.68 Å². The first-order valence-corrected chi connectivity index (χ1v) is 7.02. The minimum atomic E-state index is 0.576. The van der Waals surface area contributed by atoms with E-state index in [1.807, 2.05) is 13.0 Å². The van der Waals surface area contributed by atoms with E-state index in [4.69, 9.17) is 29.2 Å². The van der Waals surface area contributed by atoms with Crippen molar-refractivity contribution >= 4 is 29.5 Å². The number of aryl methyl sites for hydroxylation is 1. The van der Waals surface area contributed by atoms with Crippen molar-refractivity contribution in [1.82, 2.24) is 19.7 Å². The molecule has 0 aromatic carbocycles. The molecule has 2 rings (SSSR count). The summed E-state index contributed by atoms with van der Waals surface area (Å²) in [4.78, 5) is 8.34. The molecule has 0 saturated heterocycles. The Balaban J connectivity index is 2.11. The lowest BCUT2D eigenvalue weighted by atomic mass is 10.3. The Hall–Kier alpha value is -1.73. The fraction of sp³-hybridized carbons (Fsp3) is 0.308. The first-order chi connectivity index (χ1) is 9.70. The number of aromatic nitrogens is 4. The highest BCUT2D eigenvalue weighted by atomic mass is 32.1. The van der Waals surface area contributed by atoms with Crippen molar-refractivity contribution < 1.29 is 4.74 Å². The van der Waals surface area contributed by atoms with Crippen LogP contribution in [0, 0.1) is 4.64 Å². The standard InChI is InChI=1S/C13H14N4OS2/c1-2-18-12(20)4-7-17-11(19)8-10(9-16-17)13-14-5-3-6-15-13/h3,5-6,8-9H,2,4,7H2,1H3. The van der Waals surface area contributed by atoms with Crippen LogP contribution in [0.3, 0.4) is 0 Å². The van der Waals surface area contributed by atoms with Crippen LogP contribution in [0.5, 0.6) is 0 Å². The summed E-state index contributed by atoms with van der Waals surface area (Å²) in [6.45, 7) is 3.10. The first kappa shape index (κ1) is 14.7. The molecule has 2 aromatic heterocycles. The average Bonchev–Trinajstić information content (AvgIpc) is 2.47. The Kier molecular flexibility index (Phi) is 5.25. The molecule has 0 amide bonds. The normalized spacial score (nSPS) is 10.2. The molecular weight excluding hydrogens is 292 g/mol. The highest BCUT2D eigenvalue weighted by molar-refractivity contribution is 7.80. The molecule has 0 unspecified atom stereocenters. The largest absolute Gasteiger partial charge is 0.487 e. The molecule has 2 heterocycles. The van der Waals surface area contributed by atoms with Gasteiger partial charge in [0, 0.05) is 24.4 Å². The Morgan fingerprint density at radius 2 is 2.10 bits per heavy atom. The fourth-order valence-electron chi connectivity index (χ4n) is 1.60. The summed E-state index contributed by atoms with van der Waals surface area (Å²) in [7, 11) is 0. The van der Waals surface area contributed by atoms with Crippen molar-refractivity contribution in [1.29, 1.82) is 0 Å². The molecule has 2 aromatic rings. The van der Waals surface area contributed by atoms with Crippen LogP contribution in [0.2, 0.25) is 0 Å². The quantitative estimate of drug-likeness (QED) is 0.792. The number of ether oxygens (including phenoxy) is 1. The molecule has 0 N–H and O–H groups in total. The van der Waals surface area contributed by atoms with E-state index in [-0.39, 0.29) is 0 Å². The predicted octanol–water partition coefficient (Wildman–Crippen LogP) is 2.82. The summed E-state index contributed by atoms with van der Waals surface area (Å²) in [5.41, 5.74) is 0.805. The van der Waals surface area contributed by atoms with Crippen LogP contribution in [0.1, 0.15) is 13.3 Å². The third kappa shape index (κ3) is 3.88. The van der Waals surface area contributed by atoms with Gasteiger partial charge in [-0.15, -0.1) is 0 Å². The third-order valence-electron chi connectivity index (χ3n) is 2.53. The topological polar surface area (TPSA) is 52.8 Å². The van der Waals surface area contributed by atoms with Crippen molar-refractivity contribution in [3.8, 4) is 11.4 Å². The number of nitrogens with zero attached hydrogens (tertiary/aromatic N) is 4. The molecule has 0 atom stereocenters. The molecule has 104 valence electrons. The molecule has 5 nitrogen and oxygen atoms in total. The fourth-order valence-corrected chi connectivity index (χ4v) is 2.08. The molecular formula is C13H14N4OS2. The van der Waals surface area contributed by atoms with E-state index >= 15 is 0 Å². The maximum atomic E-state index is 5.32. The van der Waals surface area contributed by atoms with Crippen LogP contribution in [-0.4, -0.2) is 31.4 Å². The third-order valence-corrected chi connectivity index (χ3v) is 3.18. The van der Waals surface area contributed by atoms with Gasteiger partial charge in [-0.1, -0.05) is 12.2 Å². The number of rotatable bonds is 5. The maximum absolute atomic E-state index is 5.32. The molecule has 0 spiro atoms. The first-order valence-electron chi connectivity index (χ1n) is 6.21. The van der Waals surface area contributed by atoms with Gasteiger partial charge >= 0.3 is 0 Å². The highest BCUT2D eigenvalue weighted by Gasteiger charge is 2.04. The van der Waals surface area contributed by atoms with Gasteiger partial charge < -0.3 is 4.74 Å². The number of hydrogen-bond donors (Lipinski definition) is 0. The average molecular weight is 306 g/mol. The van der Waals surface area contributed by atoms with E-state index in [1.165, 1.54) is 0 Å². The van der Waals surface area contributed by atoms with Gasteiger partial charge in [0.2, 0.25) is 0 Å². The zero-order valence-corrected chi connectivity index (χ0v) is 12.7. The summed E-state index contributed by atoms with van der Waals surface area (Å²) >= 11 is 10.4. The summed E-state index contributed by atoms with van der Waals surface area (Å²) in [5, 5.41) is 4.88. The van der Waals surface area contributed by atoms with Gasteiger partial charge in [0.15, 0.2) is 10.9 Å².